The maximum absolute atomic E-state index is 9.90. The van der Waals surface area contributed by atoms with Crippen molar-refractivity contribution < 1.29 is 14.9 Å². The Bertz CT molecular complexity index is 750. The number of hydrogen-bond donors (Lipinski definition) is 2. The van der Waals surface area contributed by atoms with E-state index in [2.05, 4.69) is 0 Å². The molecule has 0 bridgehead atoms. The first-order valence-electron chi connectivity index (χ1n) is 6.27. The first kappa shape index (κ1) is 15.9. The molecule has 2 N–H and O–H groups in total. The second-order valence-electron chi connectivity index (χ2n) is 5.52. The van der Waals surface area contributed by atoms with Gasteiger partial charge in [0.05, 0.1) is 10.0 Å². The summed E-state index contributed by atoms with van der Waals surface area (Å²) in [4.78, 5) is 0. The summed E-state index contributed by atoms with van der Waals surface area (Å²) in [6.45, 7) is 3.83. The number of fused-ring (bicyclic) bond motifs is 2. The van der Waals surface area contributed by atoms with E-state index >= 15 is 0 Å². The Kier molecular flexibility index (Phi) is 3.61. The number of hydrogen-bond acceptors (Lipinski definition) is 3. The van der Waals surface area contributed by atoms with Crippen LogP contribution in [0.15, 0.2) is 12.1 Å². The quantitative estimate of drug-likeness (QED) is 0.577. The van der Waals surface area contributed by atoms with E-state index in [9.17, 15) is 10.2 Å². The van der Waals surface area contributed by atoms with E-state index in [1.165, 1.54) is 0 Å². The van der Waals surface area contributed by atoms with E-state index in [1.807, 2.05) is 13.8 Å². The molecule has 2 aromatic rings. The summed E-state index contributed by atoms with van der Waals surface area (Å²) in [6, 6.07) is 3.19. The summed E-state index contributed by atoms with van der Waals surface area (Å²) in [5.74, 6) is -0.0272. The summed E-state index contributed by atoms with van der Waals surface area (Å²) in [7, 11) is 0. The Morgan fingerprint density at radius 3 is 1.55 bits per heavy atom. The molecule has 0 amide bonds. The predicted octanol–water partition coefficient (Wildman–Crippen LogP) is 6.14. The summed E-state index contributed by atoms with van der Waals surface area (Å²) in [6.07, 6.45) is 0. The van der Waals surface area contributed by atoms with E-state index in [0.717, 1.165) is 0 Å². The molecule has 1 heterocycles. The van der Waals surface area contributed by atoms with Gasteiger partial charge in [-0.2, -0.15) is 0 Å². The van der Waals surface area contributed by atoms with Crippen molar-refractivity contribution in [3.63, 3.8) is 0 Å². The Morgan fingerprint density at radius 2 is 1.18 bits per heavy atom. The number of benzene rings is 2. The van der Waals surface area contributed by atoms with Crippen molar-refractivity contribution in [1.29, 1.82) is 0 Å². The van der Waals surface area contributed by atoms with Crippen LogP contribution in [0.3, 0.4) is 0 Å². The Balaban J connectivity index is 2.38. The van der Waals surface area contributed by atoms with Crippen LogP contribution in [0.5, 0.6) is 23.0 Å². The fourth-order valence-corrected chi connectivity index (χ4v) is 3.55. The molecule has 0 spiro atoms. The fraction of sp³-hybridized carbons (Fsp3) is 0.200. The molecule has 0 aliphatic carbocycles. The normalized spacial score (nSPS) is 15.0. The zero-order valence-electron chi connectivity index (χ0n) is 11.5. The topological polar surface area (TPSA) is 49.7 Å². The van der Waals surface area contributed by atoms with E-state index in [4.69, 9.17) is 51.1 Å². The standard InChI is InChI=1S/C15H10Cl4O3/c1-15(2)5-3-7(16)11(20)9(18)13(5)22-14-6(15)4-8(17)12(21)10(14)19/h3-4,20-21H,1-2H3. The van der Waals surface area contributed by atoms with Crippen LogP contribution in [0.4, 0.5) is 0 Å². The molecular weight excluding hydrogens is 370 g/mol. The van der Waals surface area contributed by atoms with E-state index in [1.54, 1.807) is 12.1 Å². The second-order valence-corrected chi connectivity index (χ2v) is 7.09. The Morgan fingerprint density at radius 1 is 0.818 bits per heavy atom. The summed E-state index contributed by atoms with van der Waals surface area (Å²) < 4.78 is 5.75. The molecule has 0 saturated heterocycles. The second kappa shape index (κ2) is 5.00. The van der Waals surface area contributed by atoms with Gasteiger partial charge in [0.25, 0.3) is 0 Å². The number of aromatic hydroxyl groups is 2. The summed E-state index contributed by atoms with van der Waals surface area (Å²) in [5.41, 5.74) is 0.779. The van der Waals surface area contributed by atoms with Crippen LogP contribution in [-0.2, 0) is 5.41 Å². The highest BCUT2D eigenvalue weighted by molar-refractivity contribution is 6.39. The highest BCUT2D eigenvalue weighted by Crippen LogP contribution is 2.57. The molecule has 7 heteroatoms. The van der Waals surface area contributed by atoms with Crippen LogP contribution >= 0.6 is 46.4 Å². The lowest BCUT2D eigenvalue weighted by Crippen LogP contribution is -2.24. The van der Waals surface area contributed by atoms with E-state index < -0.39 is 5.41 Å². The van der Waals surface area contributed by atoms with Gasteiger partial charge in [-0.3, -0.25) is 0 Å². The highest BCUT2D eigenvalue weighted by Gasteiger charge is 2.39. The van der Waals surface area contributed by atoms with Crippen LogP contribution < -0.4 is 4.74 Å². The van der Waals surface area contributed by atoms with Gasteiger partial charge in [0, 0.05) is 16.5 Å². The van der Waals surface area contributed by atoms with Crippen LogP contribution in [0.1, 0.15) is 25.0 Å². The first-order chi connectivity index (χ1) is 10.2. The minimum absolute atomic E-state index is 0.00766. The number of phenolic OH excluding ortho intramolecular Hbond substituents is 2. The molecule has 3 rings (SSSR count). The largest absolute Gasteiger partial charge is 0.505 e. The van der Waals surface area contributed by atoms with Gasteiger partial charge in [0.2, 0.25) is 0 Å². The SMILES string of the molecule is CC1(C)c2cc(Cl)c(O)c(Cl)c2Oc2c1cc(Cl)c(O)c2Cl. The number of halogens is 4. The maximum atomic E-state index is 9.90. The Hall–Kier alpha value is -1.00. The van der Waals surface area contributed by atoms with Crippen molar-refractivity contribution in [2.45, 2.75) is 19.3 Å². The molecule has 3 nitrogen and oxygen atoms in total. The van der Waals surface area contributed by atoms with E-state index in [-0.39, 0.29) is 43.1 Å². The van der Waals surface area contributed by atoms with Gasteiger partial charge in [-0.15, -0.1) is 0 Å². The third-order valence-corrected chi connectivity index (χ3v) is 5.13. The van der Waals surface area contributed by atoms with Crippen molar-refractivity contribution in [1.82, 2.24) is 0 Å². The van der Waals surface area contributed by atoms with E-state index in [0.29, 0.717) is 11.1 Å². The minimum atomic E-state index is -0.592. The van der Waals surface area contributed by atoms with Gasteiger partial charge in [-0.05, 0) is 12.1 Å². The van der Waals surface area contributed by atoms with Crippen molar-refractivity contribution in [3.05, 3.63) is 43.4 Å². The molecule has 2 aromatic carbocycles. The van der Waals surface area contributed by atoms with Crippen molar-refractivity contribution in [3.8, 4) is 23.0 Å². The van der Waals surface area contributed by atoms with Crippen LogP contribution in [0.2, 0.25) is 20.1 Å². The number of phenols is 2. The van der Waals surface area contributed by atoms with Crippen LogP contribution in [0, 0.1) is 0 Å². The van der Waals surface area contributed by atoms with Gasteiger partial charge in [-0.25, -0.2) is 0 Å². The molecule has 0 aromatic heterocycles. The number of rotatable bonds is 0. The third-order valence-electron chi connectivity index (χ3n) is 3.85. The maximum Gasteiger partial charge on any atom is 0.156 e. The summed E-state index contributed by atoms with van der Waals surface area (Å²) in [5, 5.41) is 20.0. The molecule has 0 atom stereocenters. The average Bonchev–Trinajstić information content (AvgIpc) is 2.45. The predicted molar refractivity (Wildman–Crippen MR) is 88.5 cm³/mol. The zero-order chi connectivity index (χ0) is 16.4. The molecule has 0 fully saturated rings. The van der Waals surface area contributed by atoms with Gasteiger partial charge < -0.3 is 14.9 Å². The zero-order valence-corrected chi connectivity index (χ0v) is 14.5. The summed E-state index contributed by atoms with van der Waals surface area (Å²) >= 11 is 24.3. The van der Waals surface area contributed by atoms with Crippen molar-refractivity contribution in [2.75, 3.05) is 0 Å². The van der Waals surface area contributed by atoms with Gasteiger partial charge >= 0.3 is 0 Å². The molecule has 22 heavy (non-hydrogen) atoms. The molecule has 0 saturated carbocycles. The average molecular weight is 380 g/mol. The molecule has 1 aliphatic rings. The molecule has 116 valence electrons. The van der Waals surface area contributed by atoms with Crippen LogP contribution in [-0.4, -0.2) is 10.2 Å². The monoisotopic (exact) mass is 378 g/mol. The van der Waals surface area contributed by atoms with Crippen molar-refractivity contribution in [2.24, 2.45) is 0 Å². The molecule has 0 unspecified atom stereocenters. The molecular formula is C15H10Cl4O3. The lowest BCUT2D eigenvalue weighted by atomic mass is 9.75. The first-order valence-corrected chi connectivity index (χ1v) is 7.78. The fourth-order valence-electron chi connectivity index (χ4n) is 2.56. The van der Waals surface area contributed by atoms with Gasteiger partial charge in [-0.1, -0.05) is 60.3 Å². The highest BCUT2D eigenvalue weighted by atomic mass is 35.5. The van der Waals surface area contributed by atoms with Gasteiger partial charge in [0.1, 0.15) is 10.0 Å². The molecule has 1 aliphatic heterocycles. The minimum Gasteiger partial charge on any atom is -0.505 e. The third kappa shape index (κ3) is 2.04. The lowest BCUT2D eigenvalue weighted by molar-refractivity contribution is 0.404. The van der Waals surface area contributed by atoms with Gasteiger partial charge in [0.15, 0.2) is 23.0 Å². The smallest absolute Gasteiger partial charge is 0.156 e. The Labute approximate surface area is 146 Å². The van der Waals surface area contributed by atoms with Crippen molar-refractivity contribution >= 4 is 46.4 Å². The number of ether oxygens (including phenoxy) is 1. The van der Waals surface area contributed by atoms with Crippen LogP contribution in [0.25, 0.3) is 0 Å². The lowest BCUT2D eigenvalue weighted by Gasteiger charge is -2.35. The molecule has 0 radical (unpaired) electrons.